The maximum absolute atomic E-state index is 13.2. The summed E-state index contributed by atoms with van der Waals surface area (Å²) in [6.07, 6.45) is 2.98. The van der Waals surface area contributed by atoms with Crippen LogP contribution in [0.25, 0.3) is 32.2 Å². The summed E-state index contributed by atoms with van der Waals surface area (Å²) >= 11 is 1.28. The Bertz CT molecular complexity index is 1350. The van der Waals surface area contributed by atoms with Gasteiger partial charge in [0.2, 0.25) is 5.43 Å². The smallest absolute Gasteiger partial charge is 0.271 e. The van der Waals surface area contributed by atoms with Crippen molar-refractivity contribution in [3.8, 4) is 11.1 Å². The lowest BCUT2D eigenvalue weighted by Gasteiger charge is -2.18. The second kappa shape index (κ2) is 6.14. The predicted molar refractivity (Wildman–Crippen MR) is 115 cm³/mol. The third-order valence-electron chi connectivity index (χ3n) is 5.55. The summed E-state index contributed by atoms with van der Waals surface area (Å²) < 4.78 is 5.02. The molecule has 5 rings (SSSR count). The third-order valence-corrected chi connectivity index (χ3v) is 6.44. The van der Waals surface area contributed by atoms with E-state index in [0.717, 1.165) is 57.7 Å². The molecule has 1 aromatic carbocycles. The highest BCUT2D eigenvalue weighted by atomic mass is 32.1. The molecule has 28 heavy (non-hydrogen) atoms. The van der Waals surface area contributed by atoms with Crippen molar-refractivity contribution in [2.24, 2.45) is 0 Å². The molecule has 0 unspecified atom stereocenters. The zero-order chi connectivity index (χ0) is 19.6. The van der Waals surface area contributed by atoms with E-state index in [-0.39, 0.29) is 11.0 Å². The van der Waals surface area contributed by atoms with Gasteiger partial charge in [-0.15, -0.1) is 0 Å². The Balaban J connectivity index is 1.97. The molecule has 0 bridgehead atoms. The molecule has 5 nitrogen and oxygen atoms in total. The first-order valence-corrected chi connectivity index (χ1v) is 10.5. The van der Waals surface area contributed by atoms with E-state index in [4.69, 9.17) is 0 Å². The summed E-state index contributed by atoms with van der Waals surface area (Å²) in [7, 11) is 0. The highest BCUT2D eigenvalue weighted by molar-refractivity contribution is 7.12. The van der Waals surface area contributed by atoms with E-state index in [1.807, 2.05) is 26.0 Å². The number of rotatable bonds is 3. The van der Waals surface area contributed by atoms with Crippen molar-refractivity contribution in [2.45, 2.75) is 46.1 Å². The monoisotopic (exact) mass is 391 g/mol. The standard InChI is InChI=1S/C22H21N3O2S/c1-4-15-16(13-9-11(2)23-12(3)10-13)7-8-17-19(15)25(14-5-6-14)22-18(20(17)26)21(27)24-28-22/h7-10,14H,4-6H2,1-3H3,(H,24,27). The van der Waals surface area contributed by atoms with Crippen LogP contribution in [-0.2, 0) is 6.42 Å². The Morgan fingerprint density at radius 3 is 2.54 bits per heavy atom. The van der Waals surface area contributed by atoms with E-state index in [1.54, 1.807) is 0 Å². The van der Waals surface area contributed by atoms with E-state index in [1.165, 1.54) is 11.5 Å². The number of hydrogen-bond donors (Lipinski definition) is 1. The quantitative estimate of drug-likeness (QED) is 0.560. The van der Waals surface area contributed by atoms with Crippen LogP contribution in [0.2, 0.25) is 0 Å². The van der Waals surface area contributed by atoms with Gasteiger partial charge in [-0.1, -0.05) is 13.0 Å². The summed E-state index contributed by atoms with van der Waals surface area (Å²) in [4.78, 5) is 30.7. The maximum Gasteiger partial charge on any atom is 0.271 e. The fourth-order valence-corrected chi connectivity index (χ4v) is 5.21. The van der Waals surface area contributed by atoms with Crippen molar-refractivity contribution in [3.63, 3.8) is 0 Å². The number of pyridine rings is 2. The Morgan fingerprint density at radius 1 is 1.18 bits per heavy atom. The van der Waals surface area contributed by atoms with Crippen molar-refractivity contribution in [3.05, 3.63) is 61.8 Å². The summed E-state index contributed by atoms with van der Waals surface area (Å²) in [6, 6.07) is 8.48. The third kappa shape index (κ3) is 2.48. The molecule has 1 N–H and O–H groups in total. The number of H-pyrrole nitrogens is 1. The average Bonchev–Trinajstić information content (AvgIpc) is 3.42. The topological polar surface area (TPSA) is 67.8 Å². The molecule has 1 saturated carbocycles. The van der Waals surface area contributed by atoms with Crippen LogP contribution in [0.1, 0.15) is 42.8 Å². The minimum Gasteiger partial charge on any atom is -0.327 e. The van der Waals surface area contributed by atoms with Crippen molar-refractivity contribution < 1.29 is 0 Å². The van der Waals surface area contributed by atoms with Gasteiger partial charge in [-0.05, 0) is 79.5 Å². The van der Waals surface area contributed by atoms with Crippen molar-refractivity contribution in [1.29, 1.82) is 0 Å². The summed E-state index contributed by atoms with van der Waals surface area (Å²) in [6.45, 7) is 6.14. The maximum atomic E-state index is 13.2. The van der Waals surface area contributed by atoms with Crippen molar-refractivity contribution in [2.75, 3.05) is 0 Å². The lowest BCUT2D eigenvalue weighted by Crippen LogP contribution is -2.16. The van der Waals surface area contributed by atoms with Crippen LogP contribution in [-0.4, -0.2) is 13.9 Å². The summed E-state index contributed by atoms with van der Waals surface area (Å²) in [5, 5.41) is 0.946. The van der Waals surface area contributed by atoms with Crippen LogP contribution in [0, 0.1) is 13.8 Å². The van der Waals surface area contributed by atoms with Crippen LogP contribution in [0.15, 0.2) is 33.9 Å². The van der Waals surface area contributed by atoms with E-state index in [2.05, 4.69) is 33.0 Å². The summed E-state index contributed by atoms with van der Waals surface area (Å²) in [5.74, 6) is 0. The Kier molecular flexibility index (Phi) is 3.81. The number of nitrogens with zero attached hydrogens (tertiary/aromatic N) is 2. The molecular weight excluding hydrogens is 370 g/mol. The molecule has 1 fully saturated rings. The van der Waals surface area contributed by atoms with E-state index < -0.39 is 0 Å². The average molecular weight is 391 g/mol. The number of benzene rings is 1. The van der Waals surface area contributed by atoms with Crippen LogP contribution < -0.4 is 11.0 Å². The van der Waals surface area contributed by atoms with Gasteiger partial charge in [0.1, 0.15) is 10.2 Å². The van der Waals surface area contributed by atoms with Gasteiger partial charge >= 0.3 is 0 Å². The van der Waals surface area contributed by atoms with Crippen LogP contribution in [0.3, 0.4) is 0 Å². The lowest BCUT2D eigenvalue weighted by molar-refractivity contribution is 0.800. The van der Waals surface area contributed by atoms with Crippen LogP contribution in [0.4, 0.5) is 0 Å². The first-order chi connectivity index (χ1) is 13.5. The van der Waals surface area contributed by atoms with Crippen molar-refractivity contribution >= 4 is 32.7 Å². The van der Waals surface area contributed by atoms with Gasteiger partial charge in [0, 0.05) is 22.8 Å². The number of fused-ring (bicyclic) bond motifs is 2. The Labute approximate surface area is 165 Å². The van der Waals surface area contributed by atoms with Gasteiger partial charge in [-0.2, -0.15) is 0 Å². The normalized spacial score (nSPS) is 14.2. The molecule has 6 heteroatoms. The molecule has 0 radical (unpaired) electrons. The minimum absolute atomic E-state index is 0.160. The Hall–Kier alpha value is -2.73. The SMILES string of the molecule is CCc1c(-c2cc(C)nc(C)c2)ccc2c(=O)c3c(=O)[nH]sc3n(C3CC3)c12. The van der Waals surface area contributed by atoms with Crippen LogP contribution in [0.5, 0.6) is 0 Å². The molecular formula is C22H21N3O2S. The molecule has 0 amide bonds. The molecule has 0 saturated heterocycles. The van der Waals surface area contributed by atoms with Gasteiger partial charge in [-0.3, -0.25) is 18.9 Å². The van der Waals surface area contributed by atoms with Gasteiger partial charge in [-0.25, -0.2) is 0 Å². The van der Waals surface area contributed by atoms with Crippen LogP contribution >= 0.6 is 11.5 Å². The highest BCUT2D eigenvalue weighted by Crippen LogP contribution is 2.42. The predicted octanol–water partition coefficient (Wildman–Crippen LogP) is 4.48. The van der Waals surface area contributed by atoms with Gasteiger partial charge < -0.3 is 4.57 Å². The highest BCUT2D eigenvalue weighted by Gasteiger charge is 2.30. The first-order valence-electron chi connectivity index (χ1n) is 9.66. The van der Waals surface area contributed by atoms with E-state index in [9.17, 15) is 9.59 Å². The fraction of sp³-hybridized carbons (Fsp3) is 0.318. The zero-order valence-electron chi connectivity index (χ0n) is 16.1. The molecule has 4 aromatic rings. The molecule has 142 valence electrons. The Morgan fingerprint density at radius 2 is 1.89 bits per heavy atom. The number of aromatic nitrogens is 3. The van der Waals surface area contributed by atoms with Gasteiger partial charge in [0.05, 0.1) is 5.52 Å². The largest absolute Gasteiger partial charge is 0.327 e. The number of hydrogen-bond acceptors (Lipinski definition) is 4. The second-order valence-corrected chi connectivity index (χ2v) is 8.42. The first kappa shape index (κ1) is 17.4. The summed E-state index contributed by atoms with van der Waals surface area (Å²) in [5.41, 5.74) is 5.95. The van der Waals surface area contributed by atoms with E-state index >= 15 is 0 Å². The second-order valence-electron chi connectivity index (χ2n) is 7.62. The number of aromatic amines is 1. The molecule has 0 atom stereocenters. The molecule has 3 aromatic heterocycles. The fourth-order valence-electron chi connectivity index (χ4n) is 4.29. The van der Waals surface area contributed by atoms with E-state index in [0.29, 0.717) is 16.8 Å². The molecule has 1 aliphatic rings. The van der Waals surface area contributed by atoms with Gasteiger partial charge in [0.25, 0.3) is 5.56 Å². The van der Waals surface area contributed by atoms with Gasteiger partial charge in [0.15, 0.2) is 0 Å². The minimum atomic E-state index is -0.274. The molecule has 0 spiro atoms. The number of nitrogens with one attached hydrogen (secondary N) is 1. The van der Waals surface area contributed by atoms with Crippen molar-refractivity contribution in [1.82, 2.24) is 13.9 Å². The molecule has 1 aliphatic carbocycles. The molecule has 0 aliphatic heterocycles. The molecule has 3 heterocycles. The zero-order valence-corrected chi connectivity index (χ0v) is 16.9. The lowest BCUT2D eigenvalue weighted by atomic mass is 9.94. The number of aryl methyl sites for hydroxylation is 3.